The zero-order valence-electron chi connectivity index (χ0n) is 14.4. The molecule has 0 fully saturated rings. The van der Waals surface area contributed by atoms with Crippen LogP contribution >= 0.6 is 12.2 Å². The Kier molecular flexibility index (Phi) is 5.68. The number of hydrogen-bond acceptors (Lipinski definition) is 5. The van der Waals surface area contributed by atoms with E-state index in [2.05, 4.69) is 16.2 Å². The van der Waals surface area contributed by atoms with Gasteiger partial charge < -0.3 is 14.5 Å². The summed E-state index contributed by atoms with van der Waals surface area (Å²) in [6.45, 7) is -0.229. The summed E-state index contributed by atoms with van der Waals surface area (Å²) in [6.07, 6.45) is 0. The molecule has 0 unspecified atom stereocenters. The number of nitrogens with one attached hydrogen (secondary N) is 3. The molecule has 1 amide bonds. The second-order valence-corrected chi connectivity index (χ2v) is 5.95. The van der Waals surface area contributed by atoms with Crippen LogP contribution < -0.4 is 26.5 Å². The van der Waals surface area contributed by atoms with E-state index in [9.17, 15) is 9.59 Å². The van der Waals surface area contributed by atoms with Gasteiger partial charge in [-0.1, -0.05) is 30.3 Å². The Morgan fingerprint density at radius 1 is 1.11 bits per heavy atom. The van der Waals surface area contributed by atoms with Crippen molar-refractivity contribution in [2.45, 2.75) is 0 Å². The smallest absolute Gasteiger partial charge is 0.336 e. The van der Waals surface area contributed by atoms with Gasteiger partial charge in [0.05, 0.1) is 0 Å². The fourth-order valence-electron chi connectivity index (χ4n) is 2.46. The number of hydrazine groups is 1. The fraction of sp³-hybridized carbons (Fsp3) is 0.105. The molecule has 7 nitrogen and oxygen atoms in total. The molecule has 8 heteroatoms. The molecule has 0 saturated heterocycles. The molecule has 138 valence electrons. The van der Waals surface area contributed by atoms with Crippen LogP contribution in [-0.2, 0) is 4.79 Å². The van der Waals surface area contributed by atoms with Gasteiger partial charge in [0.15, 0.2) is 11.7 Å². The lowest BCUT2D eigenvalue weighted by Crippen LogP contribution is -2.47. The zero-order chi connectivity index (χ0) is 19.2. The topological polar surface area (TPSA) is 92.6 Å². The first kappa shape index (κ1) is 18.4. The number of fused-ring (bicyclic) bond motifs is 1. The first-order chi connectivity index (χ1) is 13.1. The van der Waals surface area contributed by atoms with Crippen LogP contribution in [0.25, 0.3) is 22.1 Å². The van der Waals surface area contributed by atoms with E-state index < -0.39 is 11.5 Å². The van der Waals surface area contributed by atoms with Crippen molar-refractivity contribution >= 4 is 34.2 Å². The average molecular weight is 383 g/mol. The molecule has 1 aromatic heterocycles. The highest BCUT2D eigenvalue weighted by atomic mass is 32.1. The van der Waals surface area contributed by atoms with E-state index in [0.717, 1.165) is 16.5 Å². The third kappa shape index (κ3) is 4.62. The number of hydrogen-bond donors (Lipinski definition) is 3. The number of amides is 1. The zero-order valence-corrected chi connectivity index (χ0v) is 15.3. The third-order valence-electron chi connectivity index (χ3n) is 3.71. The molecule has 27 heavy (non-hydrogen) atoms. The largest absolute Gasteiger partial charge is 0.484 e. The fourth-order valence-corrected chi connectivity index (χ4v) is 2.51. The molecule has 3 rings (SSSR count). The van der Waals surface area contributed by atoms with Crippen molar-refractivity contribution in [3.8, 4) is 16.9 Å². The van der Waals surface area contributed by atoms with Crippen molar-refractivity contribution in [2.75, 3.05) is 13.7 Å². The van der Waals surface area contributed by atoms with Crippen molar-refractivity contribution in [3.63, 3.8) is 0 Å². The SMILES string of the molecule is CNC(=S)NNC(=O)COc1ccc2c(-c3ccccc3)cc(=O)oc2c1. The lowest BCUT2D eigenvalue weighted by Gasteiger charge is -2.11. The Hall–Kier alpha value is -3.39. The van der Waals surface area contributed by atoms with Crippen LogP contribution in [0.1, 0.15) is 0 Å². The van der Waals surface area contributed by atoms with Crippen molar-refractivity contribution < 1.29 is 13.9 Å². The molecule has 0 atom stereocenters. The molecule has 1 heterocycles. The van der Waals surface area contributed by atoms with Crippen LogP contribution in [0.4, 0.5) is 0 Å². The number of carbonyl (C=O) groups excluding carboxylic acids is 1. The predicted octanol–water partition coefficient (Wildman–Crippen LogP) is 1.96. The number of ether oxygens (including phenoxy) is 1. The lowest BCUT2D eigenvalue weighted by molar-refractivity contribution is -0.123. The van der Waals surface area contributed by atoms with Crippen LogP contribution in [0.5, 0.6) is 5.75 Å². The molecule has 0 aliphatic heterocycles. The van der Waals surface area contributed by atoms with Crippen LogP contribution in [0.2, 0.25) is 0 Å². The van der Waals surface area contributed by atoms with E-state index in [-0.39, 0.29) is 11.7 Å². The van der Waals surface area contributed by atoms with Crippen LogP contribution in [0, 0.1) is 0 Å². The van der Waals surface area contributed by atoms with Crippen molar-refractivity contribution in [1.82, 2.24) is 16.2 Å². The maximum atomic E-state index is 11.9. The molecule has 0 spiro atoms. The highest BCUT2D eigenvalue weighted by molar-refractivity contribution is 7.80. The second-order valence-electron chi connectivity index (χ2n) is 5.54. The van der Waals surface area contributed by atoms with Gasteiger partial charge in [0, 0.05) is 24.6 Å². The van der Waals surface area contributed by atoms with E-state index in [1.54, 1.807) is 25.2 Å². The summed E-state index contributed by atoms with van der Waals surface area (Å²) in [7, 11) is 1.63. The minimum absolute atomic E-state index is 0.229. The number of rotatable bonds is 4. The summed E-state index contributed by atoms with van der Waals surface area (Å²) in [6, 6.07) is 16.1. The highest BCUT2D eigenvalue weighted by Gasteiger charge is 2.10. The summed E-state index contributed by atoms with van der Waals surface area (Å²) >= 11 is 4.85. The Morgan fingerprint density at radius 3 is 2.63 bits per heavy atom. The van der Waals surface area contributed by atoms with E-state index in [0.29, 0.717) is 11.3 Å². The monoisotopic (exact) mass is 383 g/mol. The van der Waals surface area contributed by atoms with E-state index in [1.807, 2.05) is 30.3 Å². The maximum Gasteiger partial charge on any atom is 0.336 e. The third-order valence-corrected chi connectivity index (χ3v) is 4.02. The van der Waals surface area contributed by atoms with Crippen LogP contribution in [0.3, 0.4) is 0 Å². The van der Waals surface area contributed by atoms with Gasteiger partial charge in [-0.15, -0.1) is 0 Å². The van der Waals surface area contributed by atoms with E-state index >= 15 is 0 Å². The minimum atomic E-state index is -0.457. The van der Waals surface area contributed by atoms with E-state index in [4.69, 9.17) is 21.4 Å². The summed E-state index contributed by atoms with van der Waals surface area (Å²) in [5, 5.41) is 3.72. The minimum Gasteiger partial charge on any atom is -0.484 e. The number of thiocarbonyl (C=S) groups is 1. The van der Waals surface area contributed by atoms with Gasteiger partial charge in [-0.05, 0) is 35.5 Å². The van der Waals surface area contributed by atoms with Gasteiger partial charge >= 0.3 is 5.63 Å². The Bertz CT molecular complexity index is 1030. The molecule has 3 N–H and O–H groups in total. The van der Waals surface area contributed by atoms with Gasteiger partial charge in [-0.2, -0.15) is 0 Å². The lowest BCUT2D eigenvalue weighted by atomic mass is 10.0. The van der Waals surface area contributed by atoms with Crippen molar-refractivity contribution in [3.05, 3.63) is 65.0 Å². The Balaban J connectivity index is 1.79. The molecule has 3 aromatic rings. The molecule has 0 bridgehead atoms. The van der Waals surface area contributed by atoms with Crippen molar-refractivity contribution in [2.24, 2.45) is 0 Å². The van der Waals surface area contributed by atoms with Crippen LogP contribution in [0.15, 0.2) is 63.8 Å². The Morgan fingerprint density at radius 2 is 1.89 bits per heavy atom. The predicted molar refractivity (Wildman–Crippen MR) is 106 cm³/mol. The Labute approximate surface area is 160 Å². The second kappa shape index (κ2) is 8.33. The van der Waals surface area contributed by atoms with Gasteiger partial charge in [0.1, 0.15) is 11.3 Å². The molecule has 0 aliphatic carbocycles. The first-order valence-corrected chi connectivity index (χ1v) is 8.50. The quantitative estimate of drug-likeness (QED) is 0.360. The number of carbonyl (C=O) groups is 1. The molecule has 2 aromatic carbocycles. The highest BCUT2D eigenvalue weighted by Crippen LogP contribution is 2.29. The standard InChI is InChI=1S/C19H17N3O4S/c1-20-19(27)22-21-17(23)11-25-13-7-8-14-15(12-5-3-2-4-6-12)10-18(24)26-16(14)9-13/h2-10H,11H2,1H3,(H,21,23)(H2,20,22,27). The van der Waals surface area contributed by atoms with Crippen LogP contribution in [-0.4, -0.2) is 24.7 Å². The van der Waals surface area contributed by atoms with Gasteiger partial charge in [0.2, 0.25) is 0 Å². The summed E-state index contributed by atoms with van der Waals surface area (Å²) in [4.78, 5) is 23.7. The molecule has 0 radical (unpaired) electrons. The molecule has 0 saturated carbocycles. The number of benzene rings is 2. The normalized spacial score (nSPS) is 10.3. The summed E-state index contributed by atoms with van der Waals surface area (Å²) in [5.74, 6) is -0.00519. The molecular formula is C19H17N3O4S. The van der Waals surface area contributed by atoms with Crippen molar-refractivity contribution in [1.29, 1.82) is 0 Å². The molecular weight excluding hydrogens is 366 g/mol. The average Bonchev–Trinajstić information content (AvgIpc) is 2.70. The summed E-state index contributed by atoms with van der Waals surface area (Å²) < 4.78 is 10.7. The maximum absolute atomic E-state index is 11.9. The van der Waals surface area contributed by atoms with Gasteiger partial charge in [0.25, 0.3) is 5.91 Å². The summed E-state index contributed by atoms with van der Waals surface area (Å²) in [5.41, 5.74) is 6.51. The molecule has 0 aliphatic rings. The van der Waals surface area contributed by atoms with Gasteiger partial charge in [-0.3, -0.25) is 15.6 Å². The first-order valence-electron chi connectivity index (χ1n) is 8.09. The van der Waals surface area contributed by atoms with Gasteiger partial charge in [-0.25, -0.2) is 4.79 Å². The van der Waals surface area contributed by atoms with E-state index in [1.165, 1.54) is 6.07 Å².